The molecular formula is C46H31N3. The molecule has 1 spiro atoms. The zero-order chi connectivity index (χ0) is 32.9. The number of aromatic nitrogens is 2. The number of hydrogen-bond acceptors (Lipinski definition) is 1. The van der Waals surface area contributed by atoms with Gasteiger partial charge in [-0.1, -0.05) is 111 Å². The van der Waals surface area contributed by atoms with Crippen molar-refractivity contribution >= 4 is 27.5 Å². The largest absolute Gasteiger partial charge is 0.310 e. The van der Waals surface area contributed by atoms with Gasteiger partial charge in [0.15, 0.2) is 5.69 Å². The normalized spacial score (nSPS) is 14.6. The Morgan fingerprint density at radius 1 is 0.551 bits per heavy atom. The molecule has 2 aliphatic rings. The second kappa shape index (κ2) is 9.89. The first-order chi connectivity index (χ1) is 24.0. The van der Waals surface area contributed by atoms with Crippen LogP contribution in [0, 0.1) is 6.57 Å². The van der Waals surface area contributed by atoms with E-state index in [1.165, 1.54) is 55.3 Å². The molecule has 3 nitrogen and oxygen atoms in total. The van der Waals surface area contributed by atoms with Gasteiger partial charge in [0.2, 0.25) is 0 Å². The summed E-state index contributed by atoms with van der Waals surface area (Å²) in [5, 5.41) is 2.39. The lowest BCUT2D eigenvalue weighted by molar-refractivity contribution is 0.563. The Balaban J connectivity index is 1.36. The number of hydrogen-bond donors (Lipinski definition) is 0. The summed E-state index contributed by atoms with van der Waals surface area (Å²) in [6.07, 6.45) is 1.81. The van der Waals surface area contributed by atoms with Gasteiger partial charge in [0, 0.05) is 28.1 Å². The van der Waals surface area contributed by atoms with Crippen LogP contribution in [-0.2, 0) is 10.8 Å². The molecule has 0 unspecified atom stereocenters. The van der Waals surface area contributed by atoms with Crippen LogP contribution in [0.5, 0.6) is 0 Å². The molecule has 0 aliphatic heterocycles. The van der Waals surface area contributed by atoms with Crippen LogP contribution in [0.3, 0.4) is 0 Å². The van der Waals surface area contributed by atoms with Gasteiger partial charge in [-0.3, -0.25) is 4.98 Å². The summed E-state index contributed by atoms with van der Waals surface area (Å²) in [6, 6.07) is 52.8. The minimum absolute atomic E-state index is 0.156. The van der Waals surface area contributed by atoms with Crippen LogP contribution in [0.15, 0.2) is 152 Å². The third-order valence-corrected chi connectivity index (χ3v) is 11.1. The minimum Gasteiger partial charge on any atom is -0.310 e. The van der Waals surface area contributed by atoms with Crippen molar-refractivity contribution in [2.45, 2.75) is 24.7 Å². The lowest BCUT2D eigenvalue weighted by Crippen LogP contribution is -2.40. The van der Waals surface area contributed by atoms with Gasteiger partial charge < -0.3 is 4.57 Å². The maximum atomic E-state index is 8.02. The van der Waals surface area contributed by atoms with E-state index >= 15 is 0 Å². The molecule has 8 aromatic rings. The lowest BCUT2D eigenvalue weighted by Gasteiger charge is -2.46. The van der Waals surface area contributed by atoms with Crippen LogP contribution in [0.2, 0.25) is 0 Å². The van der Waals surface area contributed by atoms with Gasteiger partial charge in [0.1, 0.15) is 0 Å². The fourth-order valence-electron chi connectivity index (χ4n) is 9.07. The van der Waals surface area contributed by atoms with Gasteiger partial charge in [0.25, 0.3) is 0 Å². The predicted octanol–water partition coefficient (Wildman–Crippen LogP) is 11.4. The number of benzene rings is 6. The van der Waals surface area contributed by atoms with E-state index in [0.29, 0.717) is 5.69 Å². The molecule has 0 saturated heterocycles. The molecule has 49 heavy (non-hydrogen) atoms. The average Bonchev–Trinajstić information content (AvgIpc) is 3.63. The first-order valence-electron chi connectivity index (χ1n) is 16.8. The highest BCUT2D eigenvalue weighted by atomic mass is 15.0. The SMILES string of the molecule is [C-]#[N+]c1cc(-c2ccccn2)cc(-n2c3ccccc3c3cc4c(cc32)C2(c3ccccc3-4)c3ccccc3C(C)(C)c3ccccc32)c1. The van der Waals surface area contributed by atoms with Crippen molar-refractivity contribution in [1.29, 1.82) is 0 Å². The molecule has 10 rings (SSSR count). The zero-order valence-corrected chi connectivity index (χ0v) is 27.3. The summed E-state index contributed by atoms with van der Waals surface area (Å²) in [7, 11) is 0. The molecule has 0 radical (unpaired) electrons. The molecule has 6 aromatic carbocycles. The zero-order valence-electron chi connectivity index (χ0n) is 27.3. The number of fused-ring (bicyclic) bond motifs is 12. The molecule has 0 bridgehead atoms. The van der Waals surface area contributed by atoms with Crippen LogP contribution >= 0.6 is 0 Å². The smallest absolute Gasteiger partial charge is 0.189 e. The Hall–Kier alpha value is -6.24. The highest BCUT2D eigenvalue weighted by molar-refractivity contribution is 6.12. The van der Waals surface area contributed by atoms with Gasteiger partial charge in [0.05, 0.1) is 28.7 Å². The number of rotatable bonds is 2. The van der Waals surface area contributed by atoms with Crippen molar-refractivity contribution in [2.75, 3.05) is 0 Å². The highest BCUT2D eigenvalue weighted by Gasteiger charge is 2.53. The summed E-state index contributed by atoms with van der Waals surface area (Å²) in [5.74, 6) is 0. The summed E-state index contributed by atoms with van der Waals surface area (Å²) >= 11 is 0. The maximum Gasteiger partial charge on any atom is 0.189 e. The fraction of sp³-hybridized carbons (Fsp3) is 0.0870. The van der Waals surface area contributed by atoms with Gasteiger partial charge in [-0.2, -0.15) is 0 Å². The molecule has 3 heteroatoms. The van der Waals surface area contributed by atoms with Gasteiger partial charge in [-0.15, -0.1) is 0 Å². The van der Waals surface area contributed by atoms with Crippen molar-refractivity contribution in [3.05, 3.63) is 197 Å². The van der Waals surface area contributed by atoms with Crippen LogP contribution in [-0.4, -0.2) is 9.55 Å². The van der Waals surface area contributed by atoms with Gasteiger partial charge >= 0.3 is 0 Å². The Labute approximate surface area is 285 Å². The fourth-order valence-corrected chi connectivity index (χ4v) is 9.07. The Kier molecular flexibility index (Phi) is 5.62. The monoisotopic (exact) mass is 625 g/mol. The van der Waals surface area contributed by atoms with Crippen molar-refractivity contribution in [3.8, 4) is 28.1 Å². The van der Waals surface area contributed by atoms with E-state index in [1.807, 2.05) is 36.5 Å². The lowest BCUT2D eigenvalue weighted by atomic mass is 9.55. The average molecular weight is 626 g/mol. The molecule has 2 aliphatic carbocycles. The molecule has 0 saturated carbocycles. The second-order valence-corrected chi connectivity index (χ2v) is 13.8. The van der Waals surface area contributed by atoms with Crippen LogP contribution < -0.4 is 0 Å². The van der Waals surface area contributed by atoms with E-state index in [4.69, 9.17) is 6.57 Å². The number of pyridine rings is 1. The summed E-state index contributed by atoms with van der Waals surface area (Å²) in [4.78, 5) is 8.55. The van der Waals surface area contributed by atoms with Crippen molar-refractivity contribution in [1.82, 2.24) is 9.55 Å². The van der Waals surface area contributed by atoms with E-state index in [0.717, 1.165) is 28.0 Å². The van der Waals surface area contributed by atoms with E-state index in [1.54, 1.807) is 0 Å². The Morgan fingerprint density at radius 3 is 1.92 bits per heavy atom. The Morgan fingerprint density at radius 2 is 1.20 bits per heavy atom. The molecule has 0 atom stereocenters. The van der Waals surface area contributed by atoms with Crippen LogP contribution in [0.25, 0.3) is 54.7 Å². The number of nitrogens with zero attached hydrogens (tertiary/aromatic N) is 3. The highest BCUT2D eigenvalue weighted by Crippen LogP contribution is 2.62. The second-order valence-electron chi connectivity index (χ2n) is 13.8. The number of para-hydroxylation sites is 1. The molecule has 0 N–H and O–H groups in total. The topological polar surface area (TPSA) is 22.2 Å². The summed E-state index contributed by atoms with van der Waals surface area (Å²) < 4.78 is 2.35. The summed E-state index contributed by atoms with van der Waals surface area (Å²) in [6.45, 7) is 12.8. The Bertz CT molecular complexity index is 2660. The molecule has 0 fully saturated rings. The standard InChI is InChI=1S/C46H31N3/c1-45(2)37-17-7-9-19-39(37)46(40-20-10-8-18-38(40)45)36-16-6-4-14-32(36)34-27-35-33-15-5-11-22-43(33)49(44(35)28-41(34)46)31-25-29(24-30(26-31)47-3)42-21-12-13-23-48-42/h4-28H,1-2H3. The molecule has 0 amide bonds. The molecule has 2 aromatic heterocycles. The van der Waals surface area contributed by atoms with Gasteiger partial charge in [-0.05, 0) is 98.6 Å². The van der Waals surface area contributed by atoms with E-state index in [9.17, 15) is 0 Å². The van der Waals surface area contributed by atoms with Crippen LogP contribution in [0.1, 0.15) is 47.2 Å². The molecule has 230 valence electrons. The minimum atomic E-state index is -0.485. The molecule has 2 heterocycles. The van der Waals surface area contributed by atoms with E-state index < -0.39 is 5.41 Å². The first-order valence-corrected chi connectivity index (χ1v) is 16.8. The maximum absolute atomic E-state index is 8.02. The van der Waals surface area contributed by atoms with Gasteiger partial charge in [-0.25, -0.2) is 4.85 Å². The van der Waals surface area contributed by atoms with Crippen molar-refractivity contribution in [2.24, 2.45) is 0 Å². The third-order valence-electron chi connectivity index (χ3n) is 11.1. The quantitative estimate of drug-likeness (QED) is 0.175. The third kappa shape index (κ3) is 3.58. The van der Waals surface area contributed by atoms with Crippen molar-refractivity contribution < 1.29 is 0 Å². The van der Waals surface area contributed by atoms with E-state index in [-0.39, 0.29) is 5.41 Å². The predicted molar refractivity (Wildman–Crippen MR) is 200 cm³/mol. The summed E-state index contributed by atoms with van der Waals surface area (Å²) in [5.41, 5.74) is 15.5. The van der Waals surface area contributed by atoms with Crippen LogP contribution in [0.4, 0.5) is 5.69 Å². The first kappa shape index (κ1) is 27.8. The van der Waals surface area contributed by atoms with E-state index in [2.05, 4.69) is 144 Å². The molecular weight excluding hydrogens is 595 g/mol. The van der Waals surface area contributed by atoms with Crippen molar-refractivity contribution in [3.63, 3.8) is 0 Å².